The second kappa shape index (κ2) is 8.99. The van der Waals surface area contributed by atoms with E-state index in [2.05, 4.69) is 5.32 Å². The highest BCUT2D eigenvalue weighted by Crippen LogP contribution is 2.52. The number of aliphatic hydroxyl groups excluding tert-OH is 2. The zero-order valence-corrected chi connectivity index (χ0v) is 20.2. The Balaban J connectivity index is 1.88. The monoisotopic (exact) mass is 503 g/mol. The van der Waals surface area contributed by atoms with E-state index in [4.69, 9.17) is 5.73 Å². The Morgan fingerprint density at radius 1 is 1.28 bits per heavy atom. The van der Waals surface area contributed by atoms with Crippen LogP contribution in [0.15, 0.2) is 34.8 Å². The Bertz CT molecular complexity index is 1220. The maximum atomic E-state index is 13.6. The number of hydrogen-bond acceptors (Lipinski definition) is 9. The molecule has 3 aliphatic carbocycles. The van der Waals surface area contributed by atoms with Crippen LogP contribution in [-0.2, 0) is 22.6 Å². The van der Waals surface area contributed by atoms with Crippen LogP contribution in [0, 0.1) is 11.8 Å². The Kier molecular flexibility index (Phi) is 6.44. The van der Waals surface area contributed by atoms with Gasteiger partial charge >= 0.3 is 0 Å². The Hall–Kier alpha value is -3.28. The lowest BCUT2D eigenvalue weighted by molar-refractivity contribution is -0.148. The minimum absolute atomic E-state index is 0.00910. The Morgan fingerprint density at radius 2 is 1.94 bits per heavy atom. The number of allylic oxidation sites excluding steroid dienone is 1. The lowest BCUT2D eigenvalue weighted by atomic mass is 9.58. The first kappa shape index (κ1) is 25.8. The van der Waals surface area contributed by atoms with Gasteiger partial charge < -0.3 is 31.5 Å². The summed E-state index contributed by atoms with van der Waals surface area (Å²) in [7, 11) is 3.14. The summed E-state index contributed by atoms with van der Waals surface area (Å²) >= 11 is 0. The Morgan fingerprint density at radius 3 is 2.53 bits per heavy atom. The summed E-state index contributed by atoms with van der Waals surface area (Å²) in [5.74, 6) is -6.90. The van der Waals surface area contributed by atoms with Crippen LogP contribution in [0.4, 0.5) is 4.39 Å². The number of nitrogens with one attached hydrogen (secondary N) is 1. The molecule has 1 aromatic rings. The normalized spacial score (nSPS) is 28.7. The fourth-order valence-electron chi connectivity index (χ4n) is 5.82. The number of fused-ring (bicyclic) bond motifs is 3. The van der Waals surface area contributed by atoms with Crippen molar-refractivity contribution in [2.75, 3.05) is 20.8 Å². The fraction of sp³-hybridized carbons (Fsp3) is 0.480. The zero-order chi connectivity index (χ0) is 26.7. The number of phenolic OH excluding ortho intramolecular Hbond substituents is 1. The van der Waals surface area contributed by atoms with Crippen molar-refractivity contribution < 1.29 is 39.2 Å². The molecule has 0 aliphatic heterocycles. The quantitative estimate of drug-likeness (QED) is 0.303. The van der Waals surface area contributed by atoms with Crippen molar-refractivity contribution in [1.82, 2.24) is 10.2 Å². The van der Waals surface area contributed by atoms with Crippen molar-refractivity contribution >= 4 is 17.5 Å². The van der Waals surface area contributed by atoms with Gasteiger partial charge in [0.1, 0.15) is 29.5 Å². The van der Waals surface area contributed by atoms with Gasteiger partial charge in [0.15, 0.2) is 11.4 Å². The number of Topliss-reactive ketones (excluding diaryl/α,β-unsaturated/α-hetero) is 2. The highest BCUT2D eigenvalue weighted by atomic mass is 19.1. The molecule has 1 unspecified atom stereocenters. The first-order chi connectivity index (χ1) is 16.9. The highest BCUT2D eigenvalue weighted by Gasteiger charge is 2.63. The number of likely N-dealkylation sites (N-methyl/N-ethyl adjacent to an activating group) is 1. The molecule has 4 rings (SSSR count). The number of carbonyl (C=O) groups is 3. The van der Waals surface area contributed by atoms with E-state index in [1.807, 2.05) is 0 Å². The van der Waals surface area contributed by atoms with E-state index in [1.165, 1.54) is 11.0 Å². The molecule has 0 saturated carbocycles. The van der Waals surface area contributed by atoms with E-state index in [-0.39, 0.29) is 36.3 Å². The number of primary amides is 1. The third-order valence-corrected chi connectivity index (χ3v) is 7.58. The van der Waals surface area contributed by atoms with Crippen LogP contribution in [-0.4, -0.2) is 81.3 Å². The van der Waals surface area contributed by atoms with Crippen molar-refractivity contribution in [1.29, 1.82) is 0 Å². The summed E-state index contributed by atoms with van der Waals surface area (Å²) < 4.78 is 13.0. The summed E-state index contributed by atoms with van der Waals surface area (Å²) in [5.41, 5.74) is 2.71. The first-order valence-electron chi connectivity index (χ1n) is 11.6. The molecule has 1 amide bonds. The molecule has 0 aromatic heterocycles. The molecule has 7 N–H and O–H groups in total. The summed E-state index contributed by atoms with van der Waals surface area (Å²) in [6, 6.07) is 1.48. The molecule has 194 valence electrons. The average molecular weight is 504 g/mol. The highest BCUT2D eigenvalue weighted by molar-refractivity contribution is 6.24. The number of aromatic hydroxyl groups is 1. The smallest absolute Gasteiger partial charge is 0.255 e. The summed E-state index contributed by atoms with van der Waals surface area (Å²) in [6.45, 7) is 1.31. The van der Waals surface area contributed by atoms with Crippen molar-refractivity contribution in [3.8, 4) is 5.75 Å². The van der Waals surface area contributed by atoms with Gasteiger partial charge in [0.05, 0.1) is 11.6 Å². The molecule has 0 saturated heterocycles. The van der Waals surface area contributed by atoms with Gasteiger partial charge in [-0.3, -0.25) is 19.3 Å². The summed E-state index contributed by atoms with van der Waals surface area (Å²) in [6.07, 6.45) is 0.194. The molecule has 5 atom stereocenters. The number of aliphatic hydroxyl groups is 3. The van der Waals surface area contributed by atoms with Crippen molar-refractivity contribution in [2.45, 2.75) is 44.0 Å². The molecule has 0 heterocycles. The second-order valence-corrected chi connectivity index (χ2v) is 10.00. The van der Waals surface area contributed by atoms with Crippen molar-refractivity contribution in [3.05, 3.63) is 51.5 Å². The molecule has 0 bridgehead atoms. The van der Waals surface area contributed by atoms with Gasteiger partial charge in [0, 0.05) is 24.1 Å². The first-order valence-corrected chi connectivity index (χ1v) is 11.6. The number of phenols is 1. The molecule has 11 heteroatoms. The van der Waals surface area contributed by atoms with Crippen molar-refractivity contribution in [3.63, 3.8) is 0 Å². The SMILES string of the molecule is CC(CF)NCc1ccc(O)c2c1C[C@H]1C[C@H]3[C@H](N(C)C)C(O)=C(C(N)=O)C(=O)[C@@]3(O)C(O)=C1C2=O. The van der Waals surface area contributed by atoms with E-state index < -0.39 is 70.8 Å². The van der Waals surface area contributed by atoms with Crippen molar-refractivity contribution in [2.24, 2.45) is 17.6 Å². The van der Waals surface area contributed by atoms with E-state index in [0.717, 1.165) is 0 Å². The van der Waals surface area contributed by atoms with Gasteiger partial charge in [-0.1, -0.05) is 6.07 Å². The number of benzene rings is 1. The van der Waals surface area contributed by atoms with Crippen LogP contribution in [0.2, 0.25) is 0 Å². The van der Waals surface area contributed by atoms with Crippen LogP contribution in [0.25, 0.3) is 0 Å². The standard InChI is InChI=1S/C25H30FN3O7/c1-10(8-26)28-9-11-4-5-15(30)17-13(11)6-12-7-14-19(29(2)3)21(32)18(24(27)35)23(34)25(14,36)22(33)16(12)20(17)31/h4-5,10,12,14,19,28,30,32-33,36H,6-9H2,1-3H3,(H2,27,35)/t10?,12-,14-,19-,25-/m0/s1. The number of nitrogens with two attached hydrogens (primary N) is 1. The molecule has 0 radical (unpaired) electrons. The zero-order valence-electron chi connectivity index (χ0n) is 20.2. The van der Waals surface area contributed by atoms with Gasteiger partial charge in [-0.05, 0) is 57.0 Å². The van der Waals surface area contributed by atoms with Gasteiger partial charge in [-0.15, -0.1) is 0 Å². The summed E-state index contributed by atoms with van der Waals surface area (Å²) in [4.78, 5) is 40.4. The summed E-state index contributed by atoms with van der Waals surface area (Å²) in [5, 5.41) is 47.2. The lowest BCUT2D eigenvalue weighted by Crippen LogP contribution is -2.63. The van der Waals surface area contributed by atoms with E-state index in [9.17, 15) is 39.2 Å². The third kappa shape index (κ3) is 3.61. The molecule has 1 aromatic carbocycles. The van der Waals surface area contributed by atoms with Crippen LogP contribution >= 0.6 is 0 Å². The molecule has 0 spiro atoms. The fourth-order valence-corrected chi connectivity index (χ4v) is 5.82. The lowest BCUT2D eigenvalue weighted by Gasteiger charge is -2.50. The predicted octanol–water partition coefficient (Wildman–Crippen LogP) is 0.568. The molecule has 36 heavy (non-hydrogen) atoms. The number of rotatable bonds is 6. The van der Waals surface area contributed by atoms with Crippen LogP contribution in [0.5, 0.6) is 5.75 Å². The van der Waals surface area contributed by atoms with Gasteiger partial charge in [0.25, 0.3) is 5.91 Å². The van der Waals surface area contributed by atoms with Crippen LogP contribution in [0.3, 0.4) is 0 Å². The van der Waals surface area contributed by atoms with E-state index in [0.29, 0.717) is 11.1 Å². The number of nitrogens with zero attached hydrogens (tertiary/aromatic N) is 1. The molecular formula is C25H30FN3O7. The maximum Gasteiger partial charge on any atom is 0.255 e. The van der Waals surface area contributed by atoms with E-state index >= 15 is 0 Å². The molecular weight excluding hydrogens is 473 g/mol. The predicted molar refractivity (Wildman–Crippen MR) is 126 cm³/mol. The minimum Gasteiger partial charge on any atom is -0.510 e. The average Bonchev–Trinajstić information content (AvgIpc) is 2.80. The number of amides is 1. The molecule has 0 fully saturated rings. The number of ketones is 2. The minimum atomic E-state index is -2.67. The number of hydrogen-bond donors (Lipinski definition) is 6. The Labute approximate surface area is 206 Å². The maximum absolute atomic E-state index is 13.6. The number of carbonyl (C=O) groups excluding carboxylic acids is 3. The molecule has 3 aliphatic rings. The van der Waals surface area contributed by atoms with Gasteiger partial charge in [-0.2, -0.15) is 0 Å². The number of halogens is 1. The topological polar surface area (TPSA) is 173 Å². The van der Waals surface area contributed by atoms with Gasteiger partial charge in [0.2, 0.25) is 5.78 Å². The molecule has 10 nitrogen and oxygen atoms in total. The van der Waals surface area contributed by atoms with Crippen LogP contribution in [0.1, 0.15) is 34.8 Å². The number of alkyl halides is 1. The van der Waals surface area contributed by atoms with Gasteiger partial charge in [-0.25, -0.2) is 4.39 Å². The third-order valence-electron chi connectivity index (χ3n) is 7.58. The van der Waals surface area contributed by atoms with E-state index in [1.54, 1.807) is 27.1 Å². The largest absolute Gasteiger partial charge is 0.510 e. The van der Waals surface area contributed by atoms with Crippen LogP contribution < -0.4 is 11.1 Å². The second-order valence-electron chi connectivity index (χ2n) is 10.00.